The van der Waals surface area contributed by atoms with E-state index >= 15 is 0 Å². The van der Waals surface area contributed by atoms with Gasteiger partial charge in [-0.05, 0) is 51.6 Å². The lowest BCUT2D eigenvalue weighted by atomic mass is 10.1. The van der Waals surface area contributed by atoms with Gasteiger partial charge in [0, 0.05) is 24.7 Å². The third-order valence-corrected chi connectivity index (χ3v) is 6.03. The van der Waals surface area contributed by atoms with E-state index in [0.29, 0.717) is 18.5 Å². The number of rotatable bonds is 7. The summed E-state index contributed by atoms with van der Waals surface area (Å²) < 4.78 is 27.1. The molecule has 3 aliphatic rings. The summed E-state index contributed by atoms with van der Waals surface area (Å²) in [6, 6.07) is 1.28. The molecule has 2 aliphatic heterocycles. The van der Waals surface area contributed by atoms with Gasteiger partial charge in [-0.2, -0.15) is 0 Å². The van der Waals surface area contributed by atoms with Crippen LogP contribution in [0.4, 0.5) is 0 Å². The summed E-state index contributed by atoms with van der Waals surface area (Å²) in [5, 5.41) is 3.36. The highest BCUT2D eigenvalue weighted by atomic mass is 32.2. The summed E-state index contributed by atoms with van der Waals surface area (Å²) in [5.41, 5.74) is 0. The Hall–Kier alpha value is -0.170. The Kier molecular flexibility index (Phi) is 4.12. The molecule has 1 aliphatic carbocycles. The van der Waals surface area contributed by atoms with Gasteiger partial charge in [-0.1, -0.05) is 0 Å². The highest BCUT2D eigenvalue weighted by Gasteiger charge is 2.38. The molecule has 2 heterocycles. The zero-order valence-electron chi connectivity index (χ0n) is 11.5. The van der Waals surface area contributed by atoms with Gasteiger partial charge in [0.05, 0.1) is 5.75 Å². The number of hydrogen-bond acceptors (Lipinski definition) is 4. The maximum atomic E-state index is 12.1. The van der Waals surface area contributed by atoms with Crippen LogP contribution in [0.2, 0.25) is 0 Å². The fourth-order valence-corrected chi connectivity index (χ4v) is 4.74. The zero-order valence-corrected chi connectivity index (χ0v) is 12.3. The van der Waals surface area contributed by atoms with Crippen molar-refractivity contribution >= 4 is 10.0 Å². The van der Waals surface area contributed by atoms with Gasteiger partial charge in [0.2, 0.25) is 10.0 Å². The van der Waals surface area contributed by atoms with Crippen molar-refractivity contribution in [3.05, 3.63) is 0 Å². The van der Waals surface area contributed by atoms with Gasteiger partial charge in [-0.15, -0.1) is 0 Å². The Labute approximate surface area is 116 Å². The first-order valence-corrected chi connectivity index (χ1v) is 9.27. The van der Waals surface area contributed by atoms with Crippen molar-refractivity contribution in [2.24, 2.45) is 0 Å². The summed E-state index contributed by atoms with van der Waals surface area (Å²) in [5.74, 6) is 0.260. The molecule has 3 rings (SSSR count). The number of hydrogen-bond donors (Lipinski definition) is 2. The van der Waals surface area contributed by atoms with Gasteiger partial charge in [-0.3, -0.25) is 4.90 Å². The van der Waals surface area contributed by atoms with Crippen LogP contribution in [0.5, 0.6) is 0 Å². The number of sulfonamides is 1. The molecule has 0 aromatic carbocycles. The smallest absolute Gasteiger partial charge is 0.211 e. The fraction of sp³-hybridized carbons (Fsp3) is 1.00. The average Bonchev–Trinajstić information content (AvgIpc) is 2.93. The summed E-state index contributed by atoms with van der Waals surface area (Å²) in [6.07, 6.45) is 6.57. The summed E-state index contributed by atoms with van der Waals surface area (Å²) in [6.45, 7) is 3.03. The summed E-state index contributed by atoms with van der Waals surface area (Å²) in [7, 11) is -3.10. The molecule has 0 aromatic heterocycles. The summed E-state index contributed by atoms with van der Waals surface area (Å²) in [4.78, 5) is 2.43. The highest BCUT2D eigenvalue weighted by molar-refractivity contribution is 7.89. The van der Waals surface area contributed by atoms with Gasteiger partial charge in [-0.25, -0.2) is 13.1 Å². The van der Waals surface area contributed by atoms with Crippen molar-refractivity contribution in [1.82, 2.24) is 14.9 Å². The maximum absolute atomic E-state index is 12.1. The Morgan fingerprint density at radius 2 is 1.95 bits per heavy atom. The van der Waals surface area contributed by atoms with E-state index in [2.05, 4.69) is 14.9 Å². The predicted molar refractivity (Wildman–Crippen MR) is 75.6 cm³/mol. The molecule has 3 fully saturated rings. The van der Waals surface area contributed by atoms with E-state index in [1.165, 1.54) is 19.3 Å². The van der Waals surface area contributed by atoms with Crippen molar-refractivity contribution in [1.29, 1.82) is 0 Å². The molecule has 5 nitrogen and oxygen atoms in total. The van der Waals surface area contributed by atoms with Crippen molar-refractivity contribution in [2.45, 2.75) is 56.7 Å². The van der Waals surface area contributed by atoms with Crippen LogP contribution in [0.25, 0.3) is 0 Å². The molecule has 2 atom stereocenters. The highest BCUT2D eigenvalue weighted by Crippen LogP contribution is 2.28. The Balaban J connectivity index is 1.42. The van der Waals surface area contributed by atoms with Gasteiger partial charge in [0.25, 0.3) is 0 Å². The molecule has 0 radical (unpaired) electrons. The maximum Gasteiger partial charge on any atom is 0.211 e. The molecular formula is C13H25N3O2S. The second-order valence-corrected chi connectivity index (χ2v) is 8.03. The fourth-order valence-electron chi connectivity index (χ4n) is 3.37. The van der Waals surface area contributed by atoms with Crippen LogP contribution in [-0.2, 0) is 10.0 Å². The van der Waals surface area contributed by atoms with Crippen LogP contribution in [0.3, 0.4) is 0 Å². The monoisotopic (exact) mass is 287 g/mol. The minimum Gasteiger partial charge on any atom is -0.314 e. The van der Waals surface area contributed by atoms with E-state index < -0.39 is 10.0 Å². The van der Waals surface area contributed by atoms with E-state index in [0.717, 1.165) is 32.5 Å². The van der Waals surface area contributed by atoms with Crippen molar-refractivity contribution in [3.8, 4) is 0 Å². The third-order valence-electron chi connectivity index (χ3n) is 4.54. The summed E-state index contributed by atoms with van der Waals surface area (Å²) >= 11 is 0. The molecule has 110 valence electrons. The van der Waals surface area contributed by atoms with Crippen LogP contribution in [0, 0.1) is 0 Å². The van der Waals surface area contributed by atoms with Crippen molar-refractivity contribution in [2.75, 3.05) is 25.4 Å². The van der Waals surface area contributed by atoms with E-state index in [9.17, 15) is 8.42 Å². The lowest BCUT2D eigenvalue weighted by Crippen LogP contribution is -2.43. The molecule has 6 heteroatoms. The molecule has 2 saturated heterocycles. The Bertz CT molecular complexity index is 408. The first-order valence-electron chi connectivity index (χ1n) is 7.61. The largest absolute Gasteiger partial charge is 0.314 e. The first-order chi connectivity index (χ1) is 9.14. The molecule has 0 aromatic rings. The second kappa shape index (κ2) is 5.68. The molecular weight excluding hydrogens is 262 g/mol. The Morgan fingerprint density at radius 1 is 1.11 bits per heavy atom. The molecule has 19 heavy (non-hydrogen) atoms. The number of fused-ring (bicyclic) bond motifs is 1. The van der Waals surface area contributed by atoms with Gasteiger partial charge in [0.1, 0.15) is 0 Å². The third kappa shape index (κ3) is 3.68. The normalized spacial score (nSPS) is 31.8. The quantitative estimate of drug-likeness (QED) is 0.661. The van der Waals surface area contributed by atoms with E-state index in [1.807, 2.05) is 0 Å². The minimum atomic E-state index is -3.10. The minimum absolute atomic E-state index is 0.156. The van der Waals surface area contributed by atoms with E-state index in [1.54, 1.807) is 0 Å². The van der Waals surface area contributed by atoms with Crippen LogP contribution < -0.4 is 10.0 Å². The molecule has 0 amide bonds. The number of nitrogens with zero attached hydrogens (tertiary/aromatic N) is 1. The predicted octanol–water partition coefficient (Wildman–Crippen LogP) is 0.285. The molecule has 2 N–H and O–H groups in total. The van der Waals surface area contributed by atoms with Gasteiger partial charge < -0.3 is 5.32 Å². The SMILES string of the molecule is O=S(=O)(CCCNC1CC1)NC1CCN2CCCC12. The zero-order chi connectivity index (χ0) is 13.3. The van der Waals surface area contributed by atoms with Gasteiger partial charge in [0.15, 0.2) is 0 Å². The lowest BCUT2D eigenvalue weighted by Gasteiger charge is -2.21. The van der Waals surface area contributed by atoms with Crippen LogP contribution in [0.15, 0.2) is 0 Å². The van der Waals surface area contributed by atoms with E-state index in [4.69, 9.17) is 0 Å². The Morgan fingerprint density at radius 3 is 2.74 bits per heavy atom. The molecule has 2 unspecified atom stereocenters. The topological polar surface area (TPSA) is 61.4 Å². The van der Waals surface area contributed by atoms with Crippen LogP contribution >= 0.6 is 0 Å². The van der Waals surface area contributed by atoms with Crippen molar-refractivity contribution < 1.29 is 8.42 Å². The second-order valence-electron chi connectivity index (χ2n) is 6.16. The van der Waals surface area contributed by atoms with Crippen molar-refractivity contribution in [3.63, 3.8) is 0 Å². The number of nitrogens with one attached hydrogen (secondary N) is 2. The standard InChI is InChI=1S/C13H25N3O2S/c17-19(18,10-2-7-14-11-4-5-11)15-12-6-9-16-8-1-3-13(12)16/h11-15H,1-10H2. The molecule has 0 bridgehead atoms. The molecule has 0 spiro atoms. The average molecular weight is 287 g/mol. The first kappa shape index (κ1) is 13.8. The van der Waals surface area contributed by atoms with Crippen LogP contribution in [-0.4, -0.2) is 56.8 Å². The van der Waals surface area contributed by atoms with E-state index in [-0.39, 0.29) is 11.8 Å². The lowest BCUT2D eigenvalue weighted by molar-refractivity contribution is 0.309. The van der Waals surface area contributed by atoms with Crippen LogP contribution in [0.1, 0.15) is 38.5 Å². The molecule has 1 saturated carbocycles. The van der Waals surface area contributed by atoms with Gasteiger partial charge >= 0.3 is 0 Å².